The molecule has 0 saturated heterocycles. The molecule has 0 fully saturated rings. The summed E-state index contributed by atoms with van der Waals surface area (Å²) in [5.74, 6) is 1.17. The van der Waals surface area contributed by atoms with E-state index in [0.29, 0.717) is 16.6 Å². The zero-order valence-corrected chi connectivity index (χ0v) is 9.90. The summed E-state index contributed by atoms with van der Waals surface area (Å²) in [5, 5.41) is 5.65. The monoisotopic (exact) mass is 247 g/mol. The highest BCUT2D eigenvalue weighted by Gasteiger charge is 2.12. The van der Waals surface area contributed by atoms with E-state index in [4.69, 9.17) is 21.8 Å². The van der Waals surface area contributed by atoms with Crippen molar-refractivity contribution in [2.24, 2.45) is 7.05 Å². The molecular weight excluding hydrogens is 238 g/mol. The molecule has 2 N–H and O–H groups in total. The average Bonchev–Trinajstić information content (AvgIpc) is 2.82. The van der Waals surface area contributed by atoms with Crippen LogP contribution in [-0.2, 0) is 7.05 Å². The van der Waals surface area contributed by atoms with Crippen LogP contribution >= 0.6 is 11.6 Å². The average molecular weight is 248 g/mol. The lowest BCUT2D eigenvalue weighted by atomic mass is 10.2. The number of furan rings is 1. The number of fused-ring (bicyclic) bond motifs is 1. The third-order valence-corrected chi connectivity index (χ3v) is 2.99. The first-order chi connectivity index (χ1) is 8.15. The molecule has 2 aromatic heterocycles. The van der Waals surface area contributed by atoms with Crippen molar-refractivity contribution in [2.45, 2.75) is 0 Å². The van der Waals surface area contributed by atoms with E-state index < -0.39 is 0 Å². The fraction of sp³-hybridized carbons (Fsp3) is 0.0833. The highest BCUT2D eigenvalue weighted by atomic mass is 35.5. The van der Waals surface area contributed by atoms with Crippen LogP contribution in [0.3, 0.4) is 0 Å². The van der Waals surface area contributed by atoms with Crippen molar-refractivity contribution in [2.75, 3.05) is 5.73 Å². The molecule has 1 aromatic carbocycles. The number of hydrogen-bond donors (Lipinski definition) is 1. The molecule has 0 radical (unpaired) electrons. The smallest absolute Gasteiger partial charge is 0.153 e. The van der Waals surface area contributed by atoms with E-state index in [1.165, 1.54) is 0 Å². The fourth-order valence-electron chi connectivity index (χ4n) is 1.87. The minimum absolute atomic E-state index is 0.467. The van der Waals surface area contributed by atoms with Crippen molar-refractivity contribution in [3.63, 3.8) is 0 Å². The summed E-state index contributed by atoms with van der Waals surface area (Å²) in [6.07, 6.45) is 0. The van der Waals surface area contributed by atoms with Gasteiger partial charge in [-0.25, -0.2) is 0 Å². The Morgan fingerprint density at radius 3 is 2.82 bits per heavy atom. The molecule has 0 amide bonds. The molecule has 0 saturated carbocycles. The van der Waals surface area contributed by atoms with E-state index in [1.807, 2.05) is 31.3 Å². The zero-order chi connectivity index (χ0) is 12.0. The number of halogens is 1. The molecule has 86 valence electrons. The van der Waals surface area contributed by atoms with Crippen LogP contribution in [0.2, 0.25) is 5.02 Å². The van der Waals surface area contributed by atoms with Gasteiger partial charge in [0.15, 0.2) is 5.76 Å². The molecule has 0 aliphatic rings. The first-order valence-corrected chi connectivity index (χ1v) is 5.51. The van der Waals surface area contributed by atoms with Gasteiger partial charge in [0.05, 0.1) is 5.02 Å². The fourth-order valence-corrected chi connectivity index (χ4v) is 2.09. The van der Waals surface area contributed by atoms with E-state index >= 15 is 0 Å². The van der Waals surface area contributed by atoms with Crippen LogP contribution in [0.4, 0.5) is 5.82 Å². The van der Waals surface area contributed by atoms with Crippen LogP contribution in [0.1, 0.15) is 0 Å². The van der Waals surface area contributed by atoms with Gasteiger partial charge in [0.2, 0.25) is 0 Å². The van der Waals surface area contributed by atoms with Crippen LogP contribution in [0.5, 0.6) is 0 Å². The maximum Gasteiger partial charge on any atom is 0.153 e. The van der Waals surface area contributed by atoms with Crippen LogP contribution in [0, 0.1) is 0 Å². The van der Waals surface area contributed by atoms with Gasteiger partial charge in [-0.3, -0.25) is 4.68 Å². The van der Waals surface area contributed by atoms with E-state index in [0.717, 1.165) is 16.7 Å². The van der Waals surface area contributed by atoms with Crippen LogP contribution in [0.25, 0.3) is 22.4 Å². The standard InChI is InChI=1S/C12H10ClN3O/c1-16-9(6-12(14)15-16)11-5-7-8(13)3-2-4-10(7)17-11/h2-6H,1H3,(H2,14,15). The molecule has 4 nitrogen and oxygen atoms in total. The van der Waals surface area contributed by atoms with Crippen molar-refractivity contribution in [3.05, 3.63) is 35.4 Å². The lowest BCUT2D eigenvalue weighted by molar-refractivity contribution is 0.618. The summed E-state index contributed by atoms with van der Waals surface area (Å²) in [5.41, 5.74) is 7.23. The van der Waals surface area contributed by atoms with Gasteiger partial charge in [0.1, 0.15) is 17.1 Å². The van der Waals surface area contributed by atoms with Gasteiger partial charge in [0.25, 0.3) is 0 Å². The summed E-state index contributed by atoms with van der Waals surface area (Å²) in [6, 6.07) is 9.24. The second-order valence-corrected chi connectivity index (χ2v) is 4.25. The molecule has 0 bridgehead atoms. The summed E-state index contributed by atoms with van der Waals surface area (Å²) in [6.45, 7) is 0. The van der Waals surface area contributed by atoms with Crippen LogP contribution in [-0.4, -0.2) is 9.78 Å². The van der Waals surface area contributed by atoms with Crippen LogP contribution < -0.4 is 5.73 Å². The third-order valence-electron chi connectivity index (χ3n) is 2.66. The Hall–Kier alpha value is -1.94. The summed E-state index contributed by atoms with van der Waals surface area (Å²) in [4.78, 5) is 0. The number of nitrogens with two attached hydrogens (primary N) is 1. The minimum Gasteiger partial charge on any atom is -0.454 e. The van der Waals surface area contributed by atoms with E-state index in [1.54, 1.807) is 10.7 Å². The molecule has 5 heteroatoms. The second-order valence-electron chi connectivity index (χ2n) is 3.84. The van der Waals surface area contributed by atoms with Gasteiger partial charge >= 0.3 is 0 Å². The third kappa shape index (κ3) is 1.57. The molecule has 0 aliphatic heterocycles. The Morgan fingerprint density at radius 2 is 2.18 bits per heavy atom. The maximum atomic E-state index is 6.10. The van der Waals surface area contributed by atoms with Gasteiger partial charge in [-0.15, -0.1) is 0 Å². The number of hydrogen-bond acceptors (Lipinski definition) is 3. The quantitative estimate of drug-likeness (QED) is 0.719. The molecule has 0 spiro atoms. The Morgan fingerprint density at radius 1 is 1.35 bits per heavy atom. The first-order valence-electron chi connectivity index (χ1n) is 5.13. The van der Waals surface area contributed by atoms with E-state index in [9.17, 15) is 0 Å². The summed E-state index contributed by atoms with van der Waals surface area (Å²) < 4.78 is 7.41. The molecule has 2 heterocycles. The summed E-state index contributed by atoms with van der Waals surface area (Å²) >= 11 is 6.10. The number of rotatable bonds is 1. The molecule has 3 rings (SSSR count). The number of aryl methyl sites for hydroxylation is 1. The highest BCUT2D eigenvalue weighted by Crippen LogP contribution is 2.32. The SMILES string of the molecule is Cn1nc(N)cc1-c1cc2c(Cl)cccc2o1. The van der Waals surface area contributed by atoms with E-state index in [-0.39, 0.29) is 0 Å². The highest BCUT2D eigenvalue weighted by molar-refractivity contribution is 6.35. The van der Waals surface area contributed by atoms with Crippen LogP contribution in [0.15, 0.2) is 34.7 Å². The zero-order valence-electron chi connectivity index (χ0n) is 9.14. The molecule has 0 unspecified atom stereocenters. The lowest BCUT2D eigenvalue weighted by Gasteiger charge is -1.94. The minimum atomic E-state index is 0.467. The van der Waals surface area contributed by atoms with Crippen molar-refractivity contribution >= 4 is 28.4 Å². The Labute approximate surface area is 103 Å². The molecule has 0 atom stereocenters. The molecule has 17 heavy (non-hydrogen) atoms. The van der Waals surface area contributed by atoms with Crippen molar-refractivity contribution in [3.8, 4) is 11.5 Å². The number of benzene rings is 1. The predicted molar refractivity (Wildman–Crippen MR) is 67.8 cm³/mol. The molecular formula is C12H10ClN3O. The van der Waals surface area contributed by atoms with Crippen molar-refractivity contribution in [1.29, 1.82) is 0 Å². The van der Waals surface area contributed by atoms with Gasteiger partial charge < -0.3 is 10.2 Å². The Bertz CT molecular complexity index is 699. The number of nitrogen functional groups attached to an aromatic ring is 1. The lowest BCUT2D eigenvalue weighted by Crippen LogP contribution is -1.93. The van der Waals surface area contributed by atoms with Crippen molar-refractivity contribution in [1.82, 2.24) is 9.78 Å². The summed E-state index contributed by atoms with van der Waals surface area (Å²) in [7, 11) is 1.82. The predicted octanol–water partition coefficient (Wildman–Crippen LogP) is 3.07. The van der Waals surface area contributed by atoms with E-state index in [2.05, 4.69) is 5.10 Å². The van der Waals surface area contributed by atoms with Crippen molar-refractivity contribution < 1.29 is 4.42 Å². The molecule has 3 aromatic rings. The first kappa shape index (κ1) is 10.2. The molecule has 0 aliphatic carbocycles. The normalized spacial score (nSPS) is 11.2. The second kappa shape index (κ2) is 3.53. The number of anilines is 1. The van der Waals surface area contributed by atoms with Gasteiger partial charge in [-0.1, -0.05) is 17.7 Å². The van der Waals surface area contributed by atoms with Gasteiger partial charge in [-0.05, 0) is 18.2 Å². The largest absolute Gasteiger partial charge is 0.454 e. The van der Waals surface area contributed by atoms with Gasteiger partial charge in [0, 0.05) is 18.5 Å². The Balaban J connectivity index is 2.25. The van der Waals surface area contributed by atoms with Gasteiger partial charge in [-0.2, -0.15) is 5.10 Å². The topological polar surface area (TPSA) is 57.0 Å². The Kier molecular flexibility index (Phi) is 2.12. The number of nitrogens with zero attached hydrogens (tertiary/aromatic N) is 2. The maximum absolute atomic E-state index is 6.10. The number of aromatic nitrogens is 2.